The van der Waals surface area contributed by atoms with Gasteiger partial charge in [0.05, 0.1) is 12.6 Å². The van der Waals surface area contributed by atoms with Crippen LogP contribution in [0.25, 0.3) is 0 Å². The summed E-state index contributed by atoms with van der Waals surface area (Å²) in [5.41, 5.74) is 0. The molecule has 176 valence electrons. The summed E-state index contributed by atoms with van der Waals surface area (Å²) in [7, 11) is 0. The number of hydrogen-bond donors (Lipinski definition) is 4. The van der Waals surface area contributed by atoms with E-state index in [2.05, 4.69) is 16.0 Å². The molecule has 2 saturated heterocycles. The molecule has 0 aromatic rings. The third kappa shape index (κ3) is 7.45. The monoisotopic (exact) mass is 436 g/mol. The van der Waals surface area contributed by atoms with E-state index in [0.29, 0.717) is 37.8 Å². The zero-order valence-corrected chi connectivity index (χ0v) is 18.7. The van der Waals surface area contributed by atoms with Crippen molar-refractivity contribution in [3.05, 3.63) is 0 Å². The number of rotatable bonds is 10. The summed E-state index contributed by atoms with van der Waals surface area (Å²) >= 11 is 0. The average Bonchev–Trinajstić information content (AvgIpc) is 3.27. The predicted molar refractivity (Wildman–Crippen MR) is 119 cm³/mol. The number of aliphatic carboxylic acids is 1. The van der Waals surface area contributed by atoms with Gasteiger partial charge in [-0.05, 0) is 63.5 Å². The number of carboxylic acid groups (broad SMARTS) is 1. The lowest BCUT2D eigenvalue weighted by Crippen LogP contribution is -2.53. The Morgan fingerprint density at radius 2 is 1.71 bits per heavy atom. The molecule has 0 aromatic heterocycles. The van der Waals surface area contributed by atoms with E-state index in [1.165, 1.54) is 19.3 Å². The number of carbonyl (C=O) groups is 3. The maximum absolute atomic E-state index is 13.4. The molecule has 31 heavy (non-hydrogen) atoms. The highest BCUT2D eigenvalue weighted by Crippen LogP contribution is 2.29. The zero-order valence-electron chi connectivity index (χ0n) is 18.7. The maximum Gasteiger partial charge on any atom is 0.317 e. The van der Waals surface area contributed by atoms with Gasteiger partial charge in [0, 0.05) is 13.1 Å². The fourth-order valence-corrected chi connectivity index (χ4v) is 5.43. The van der Waals surface area contributed by atoms with Gasteiger partial charge >= 0.3 is 5.97 Å². The van der Waals surface area contributed by atoms with Crippen LogP contribution in [0.5, 0.6) is 0 Å². The highest BCUT2D eigenvalue weighted by Gasteiger charge is 2.37. The summed E-state index contributed by atoms with van der Waals surface area (Å²) in [6, 6.07) is -0.955. The molecule has 8 heteroatoms. The molecule has 0 bridgehead atoms. The summed E-state index contributed by atoms with van der Waals surface area (Å²) in [5.74, 6) is -0.0286. The van der Waals surface area contributed by atoms with Gasteiger partial charge in [-0.1, -0.05) is 32.1 Å². The molecule has 2 aliphatic heterocycles. The van der Waals surface area contributed by atoms with Gasteiger partial charge in [-0.25, -0.2) is 0 Å². The summed E-state index contributed by atoms with van der Waals surface area (Å²) in [5, 5.41) is 18.5. The summed E-state index contributed by atoms with van der Waals surface area (Å²) in [6.45, 7) is 3.10. The standard InChI is InChI=1S/C23H40N4O4/c28-21(29)16-26-19(15-18-5-2-1-3-6-18)23(31)27-14-4-7-20(27)22(30)25-13-10-17-8-11-24-12-9-17/h17-20,24,26H,1-16H2,(H,25,30)(H,28,29)/t19-,20+/m1/s1. The highest BCUT2D eigenvalue weighted by molar-refractivity contribution is 5.90. The van der Waals surface area contributed by atoms with Crippen molar-refractivity contribution in [3.63, 3.8) is 0 Å². The number of amides is 2. The minimum absolute atomic E-state index is 0.0607. The van der Waals surface area contributed by atoms with Crippen LogP contribution in [0.1, 0.15) is 70.6 Å². The highest BCUT2D eigenvalue weighted by atomic mass is 16.4. The van der Waals surface area contributed by atoms with Crippen LogP contribution < -0.4 is 16.0 Å². The van der Waals surface area contributed by atoms with Crippen LogP contribution in [0.3, 0.4) is 0 Å². The van der Waals surface area contributed by atoms with Crippen LogP contribution in [0.4, 0.5) is 0 Å². The molecule has 0 unspecified atom stereocenters. The summed E-state index contributed by atoms with van der Waals surface area (Å²) in [4.78, 5) is 39.0. The summed E-state index contributed by atoms with van der Waals surface area (Å²) < 4.78 is 0. The zero-order chi connectivity index (χ0) is 22.1. The van der Waals surface area contributed by atoms with Gasteiger partial charge in [-0.15, -0.1) is 0 Å². The van der Waals surface area contributed by atoms with E-state index in [1.54, 1.807) is 4.90 Å². The quantitative estimate of drug-likeness (QED) is 0.413. The number of hydrogen-bond acceptors (Lipinski definition) is 5. The van der Waals surface area contributed by atoms with E-state index >= 15 is 0 Å². The van der Waals surface area contributed by atoms with Crippen molar-refractivity contribution in [1.82, 2.24) is 20.9 Å². The third-order valence-electron chi connectivity index (χ3n) is 7.24. The van der Waals surface area contributed by atoms with Gasteiger partial charge in [-0.3, -0.25) is 19.7 Å². The van der Waals surface area contributed by atoms with Crippen LogP contribution in [0.15, 0.2) is 0 Å². The normalized spacial score (nSPS) is 24.1. The van der Waals surface area contributed by atoms with Gasteiger partial charge in [0.25, 0.3) is 0 Å². The van der Waals surface area contributed by atoms with Crippen LogP contribution in [-0.2, 0) is 14.4 Å². The Morgan fingerprint density at radius 1 is 0.968 bits per heavy atom. The Balaban J connectivity index is 1.53. The van der Waals surface area contributed by atoms with Crippen LogP contribution >= 0.6 is 0 Å². The Morgan fingerprint density at radius 3 is 2.42 bits per heavy atom. The van der Waals surface area contributed by atoms with E-state index < -0.39 is 18.1 Å². The first-order valence-corrected chi connectivity index (χ1v) is 12.3. The number of carboxylic acids is 1. The Hall–Kier alpha value is -1.67. The molecule has 2 atom stereocenters. The van der Waals surface area contributed by atoms with Crippen LogP contribution in [0.2, 0.25) is 0 Å². The van der Waals surface area contributed by atoms with E-state index in [1.807, 2.05) is 0 Å². The molecule has 3 fully saturated rings. The summed E-state index contributed by atoms with van der Waals surface area (Å²) in [6.07, 6.45) is 11.2. The van der Waals surface area contributed by atoms with Crippen molar-refractivity contribution >= 4 is 17.8 Å². The average molecular weight is 437 g/mol. The van der Waals surface area contributed by atoms with E-state index in [4.69, 9.17) is 5.11 Å². The first kappa shape index (κ1) is 24.0. The lowest BCUT2D eigenvalue weighted by molar-refractivity contribution is -0.141. The fraction of sp³-hybridized carbons (Fsp3) is 0.870. The van der Waals surface area contributed by atoms with Gasteiger partial charge < -0.3 is 20.6 Å². The van der Waals surface area contributed by atoms with Crippen LogP contribution in [0, 0.1) is 11.8 Å². The molecule has 0 aromatic carbocycles. The van der Waals surface area contributed by atoms with Gasteiger partial charge in [-0.2, -0.15) is 0 Å². The van der Waals surface area contributed by atoms with Gasteiger partial charge in [0.2, 0.25) is 11.8 Å². The topological polar surface area (TPSA) is 111 Å². The molecule has 2 heterocycles. The molecule has 1 saturated carbocycles. The first-order valence-electron chi connectivity index (χ1n) is 12.3. The van der Waals surface area contributed by atoms with Crippen molar-refractivity contribution in [2.75, 3.05) is 32.7 Å². The third-order valence-corrected chi connectivity index (χ3v) is 7.24. The first-order chi connectivity index (χ1) is 15.0. The van der Waals surface area contributed by atoms with E-state index in [-0.39, 0.29) is 18.4 Å². The molecular weight excluding hydrogens is 396 g/mol. The number of nitrogens with one attached hydrogen (secondary N) is 3. The van der Waals surface area contributed by atoms with Crippen molar-refractivity contribution in [1.29, 1.82) is 0 Å². The van der Waals surface area contributed by atoms with Crippen molar-refractivity contribution in [3.8, 4) is 0 Å². The predicted octanol–water partition coefficient (Wildman–Crippen LogP) is 1.50. The Kier molecular flexibility index (Phi) is 9.58. The largest absolute Gasteiger partial charge is 0.480 e. The number of carbonyl (C=O) groups excluding carboxylic acids is 2. The van der Waals surface area contributed by atoms with E-state index in [0.717, 1.165) is 51.6 Å². The molecule has 1 aliphatic carbocycles. The molecule has 4 N–H and O–H groups in total. The SMILES string of the molecule is O=C(O)CN[C@H](CC1CCCCC1)C(=O)N1CCC[C@H]1C(=O)NCCC1CCNCC1. The fourth-order valence-electron chi connectivity index (χ4n) is 5.43. The number of likely N-dealkylation sites (tertiary alicyclic amines) is 1. The molecule has 2 amide bonds. The van der Waals surface area contributed by atoms with Gasteiger partial charge in [0.15, 0.2) is 0 Å². The van der Waals surface area contributed by atoms with E-state index in [9.17, 15) is 14.4 Å². The number of nitrogens with zero attached hydrogens (tertiary/aromatic N) is 1. The van der Waals surface area contributed by atoms with Crippen molar-refractivity contribution in [2.45, 2.75) is 82.7 Å². The minimum atomic E-state index is -0.963. The molecule has 8 nitrogen and oxygen atoms in total. The van der Waals surface area contributed by atoms with Gasteiger partial charge in [0.1, 0.15) is 6.04 Å². The van der Waals surface area contributed by atoms with Crippen LogP contribution in [-0.4, -0.2) is 72.6 Å². The molecule has 0 radical (unpaired) electrons. The molecular formula is C23H40N4O4. The Bertz CT molecular complexity index is 602. The number of piperidine rings is 1. The second kappa shape index (κ2) is 12.4. The molecule has 3 aliphatic rings. The smallest absolute Gasteiger partial charge is 0.317 e. The lowest BCUT2D eigenvalue weighted by atomic mass is 9.84. The second-order valence-corrected chi connectivity index (χ2v) is 9.53. The molecule has 3 rings (SSSR count). The van der Waals surface area contributed by atoms with Crippen molar-refractivity contribution < 1.29 is 19.5 Å². The maximum atomic E-state index is 13.4. The molecule has 0 spiro atoms. The lowest BCUT2D eigenvalue weighted by Gasteiger charge is -2.31. The van der Waals surface area contributed by atoms with Crippen molar-refractivity contribution in [2.24, 2.45) is 11.8 Å². The minimum Gasteiger partial charge on any atom is -0.480 e. The Labute approximate surface area is 185 Å². The second-order valence-electron chi connectivity index (χ2n) is 9.53.